The van der Waals surface area contributed by atoms with Gasteiger partial charge in [0, 0.05) is 24.2 Å². The van der Waals surface area contributed by atoms with E-state index in [0.29, 0.717) is 23.9 Å². The minimum atomic E-state index is -3.69. The van der Waals surface area contributed by atoms with Crippen LogP contribution in [0.2, 0.25) is 5.02 Å². The number of benzene rings is 1. The maximum Gasteiger partial charge on any atom is 0.244 e. The fourth-order valence-electron chi connectivity index (χ4n) is 2.97. The van der Waals surface area contributed by atoms with Gasteiger partial charge in [0.05, 0.1) is 6.10 Å². The van der Waals surface area contributed by atoms with E-state index in [1.54, 1.807) is 12.1 Å². The molecule has 0 amide bonds. The molecular formula is C16H24Cl2N2O4S. The van der Waals surface area contributed by atoms with Gasteiger partial charge in [0.1, 0.15) is 17.3 Å². The van der Waals surface area contributed by atoms with Crippen molar-refractivity contribution in [1.29, 1.82) is 0 Å². The van der Waals surface area contributed by atoms with Crippen LogP contribution in [-0.4, -0.2) is 46.9 Å². The summed E-state index contributed by atoms with van der Waals surface area (Å²) in [6, 6.07) is 4.56. The molecule has 0 radical (unpaired) electrons. The fraction of sp³-hybridized carbons (Fsp3) is 0.625. The molecule has 142 valence electrons. The monoisotopic (exact) mass is 410 g/mol. The van der Waals surface area contributed by atoms with Crippen LogP contribution >= 0.6 is 24.0 Å². The molecule has 1 aromatic rings. The quantitative estimate of drug-likeness (QED) is 0.752. The first-order valence-electron chi connectivity index (χ1n) is 8.31. The smallest absolute Gasteiger partial charge is 0.244 e. The van der Waals surface area contributed by atoms with Crippen molar-refractivity contribution in [1.82, 2.24) is 10.0 Å². The largest absolute Gasteiger partial charge is 0.489 e. The highest BCUT2D eigenvalue weighted by Gasteiger charge is 2.26. The van der Waals surface area contributed by atoms with E-state index in [1.807, 2.05) is 0 Å². The Morgan fingerprint density at radius 1 is 1.32 bits per heavy atom. The van der Waals surface area contributed by atoms with Crippen LogP contribution in [0.1, 0.15) is 25.7 Å². The Bertz CT molecular complexity index is 660. The van der Waals surface area contributed by atoms with Crippen LogP contribution in [0.25, 0.3) is 0 Å². The summed E-state index contributed by atoms with van der Waals surface area (Å²) in [6.07, 6.45) is 3.89. The molecule has 1 aromatic carbocycles. The van der Waals surface area contributed by atoms with Crippen LogP contribution in [0.4, 0.5) is 0 Å². The Labute approximate surface area is 160 Å². The van der Waals surface area contributed by atoms with E-state index in [0.717, 1.165) is 38.8 Å². The summed E-state index contributed by atoms with van der Waals surface area (Å²) >= 11 is 6.00. The third-order valence-electron chi connectivity index (χ3n) is 4.28. The van der Waals surface area contributed by atoms with Gasteiger partial charge in [0.2, 0.25) is 10.0 Å². The topological polar surface area (TPSA) is 76.7 Å². The molecule has 6 nitrogen and oxygen atoms in total. The molecule has 0 saturated carbocycles. The maximum atomic E-state index is 12.7. The minimum absolute atomic E-state index is 0. The second-order valence-electron chi connectivity index (χ2n) is 6.20. The van der Waals surface area contributed by atoms with Gasteiger partial charge in [-0.15, -0.1) is 12.4 Å². The number of nitrogens with one attached hydrogen (secondary N) is 2. The molecule has 3 rings (SSSR count). The van der Waals surface area contributed by atoms with E-state index in [1.165, 1.54) is 6.07 Å². The summed E-state index contributed by atoms with van der Waals surface area (Å²) < 4.78 is 39.5. The van der Waals surface area contributed by atoms with Gasteiger partial charge in [0.25, 0.3) is 0 Å². The Hall–Kier alpha value is -0.570. The molecule has 0 aliphatic carbocycles. The second kappa shape index (κ2) is 9.39. The molecule has 0 bridgehead atoms. The molecular weight excluding hydrogens is 387 g/mol. The first-order chi connectivity index (χ1) is 11.5. The van der Waals surface area contributed by atoms with Gasteiger partial charge in [-0.25, -0.2) is 13.1 Å². The van der Waals surface area contributed by atoms with E-state index in [2.05, 4.69) is 10.0 Å². The lowest BCUT2D eigenvalue weighted by molar-refractivity contribution is -0.0116. The summed E-state index contributed by atoms with van der Waals surface area (Å²) in [7, 11) is -3.69. The van der Waals surface area contributed by atoms with Gasteiger partial charge in [-0.3, -0.25) is 0 Å². The van der Waals surface area contributed by atoms with Crippen LogP contribution in [0.15, 0.2) is 23.1 Å². The van der Waals surface area contributed by atoms with Gasteiger partial charge in [0.15, 0.2) is 0 Å². The molecule has 2 fully saturated rings. The van der Waals surface area contributed by atoms with Crippen LogP contribution < -0.4 is 14.8 Å². The summed E-state index contributed by atoms with van der Waals surface area (Å²) in [6.45, 7) is 2.52. The maximum absolute atomic E-state index is 12.7. The molecule has 2 unspecified atom stereocenters. The first-order valence-corrected chi connectivity index (χ1v) is 10.2. The average molecular weight is 411 g/mol. The normalized spacial score (nSPS) is 23.9. The molecule has 2 heterocycles. The van der Waals surface area contributed by atoms with Crippen LogP contribution in [0.5, 0.6) is 5.75 Å². The number of ether oxygens (including phenoxy) is 2. The SMILES string of the molecule is Cl.O=S(=O)(NC1CCNC1)c1cc(Cl)ccc1OCC1CCCCO1. The van der Waals surface area contributed by atoms with Crippen LogP contribution in [-0.2, 0) is 14.8 Å². The van der Waals surface area contributed by atoms with Gasteiger partial charge in [-0.05, 0) is 50.4 Å². The Kier molecular flexibility index (Phi) is 7.79. The molecule has 0 spiro atoms. The summed E-state index contributed by atoms with van der Waals surface area (Å²) in [5.41, 5.74) is 0. The minimum Gasteiger partial charge on any atom is -0.489 e. The van der Waals surface area contributed by atoms with Crippen molar-refractivity contribution in [3.05, 3.63) is 23.2 Å². The zero-order valence-corrected chi connectivity index (χ0v) is 16.3. The highest BCUT2D eigenvalue weighted by atomic mass is 35.5. The zero-order valence-electron chi connectivity index (χ0n) is 13.9. The third kappa shape index (κ3) is 5.70. The molecule has 2 aliphatic rings. The number of halogens is 2. The Balaban J connectivity index is 0.00000225. The second-order valence-corrected chi connectivity index (χ2v) is 8.32. The standard InChI is InChI=1S/C16H23ClN2O4S.ClH/c17-12-4-5-15(23-11-14-3-1-2-8-22-14)16(9-12)24(20,21)19-13-6-7-18-10-13;/h4-5,9,13-14,18-19H,1-3,6-8,10-11H2;1H. The molecule has 25 heavy (non-hydrogen) atoms. The molecule has 2 aliphatic heterocycles. The van der Waals surface area contributed by atoms with Gasteiger partial charge >= 0.3 is 0 Å². The molecule has 2 saturated heterocycles. The highest BCUT2D eigenvalue weighted by molar-refractivity contribution is 7.89. The van der Waals surface area contributed by atoms with Crippen molar-refractivity contribution >= 4 is 34.0 Å². The van der Waals surface area contributed by atoms with Crippen LogP contribution in [0, 0.1) is 0 Å². The fourth-order valence-corrected chi connectivity index (χ4v) is 4.65. The predicted molar refractivity (Wildman–Crippen MR) is 99.4 cm³/mol. The van der Waals surface area contributed by atoms with Crippen molar-refractivity contribution in [3.63, 3.8) is 0 Å². The highest BCUT2D eigenvalue weighted by Crippen LogP contribution is 2.28. The van der Waals surface area contributed by atoms with E-state index in [4.69, 9.17) is 21.1 Å². The molecule has 0 aromatic heterocycles. The lowest BCUT2D eigenvalue weighted by Crippen LogP contribution is -2.36. The van der Waals surface area contributed by atoms with E-state index in [9.17, 15) is 8.42 Å². The number of hydrogen-bond acceptors (Lipinski definition) is 5. The number of rotatable bonds is 6. The van der Waals surface area contributed by atoms with Gasteiger partial charge < -0.3 is 14.8 Å². The molecule has 9 heteroatoms. The van der Waals surface area contributed by atoms with Gasteiger partial charge in [-0.1, -0.05) is 11.6 Å². The van der Waals surface area contributed by atoms with Crippen molar-refractivity contribution in [3.8, 4) is 5.75 Å². The summed E-state index contributed by atoms with van der Waals surface area (Å²) in [4.78, 5) is 0.0812. The molecule has 2 N–H and O–H groups in total. The Morgan fingerprint density at radius 2 is 2.16 bits per heavy atom. The predicted octanol–water partition coefficient (Wildman–Crippen LogP) is 2.35. The van der Waals surface area contributed by atoms with Crippen molar-refractivity contribution < 1.29 is 17.9 Å². The average Bonchev–Trinajstić information content (AvgIpc) is 3.07. The van der Waals surface area contributed by atoms with Gasteiger partial charge in [-0.2, -0.15) is 0 Å². The Morgan fingerprint density at radius 3 is 2.84 bits per heavy atom. The third-order valence-corrected chi connectivity index (χ3v) is 6.05. The number of sulfonamides is 1. The van der Waals surface area contributed by atoms with E-state index >= 15 is 0 Å². The lowest BCUT2D eigenvalue weighted by atomic mass is 10.1. The van der Waals surface area contributed by atoms with E-state index < -0.39 is 10.0 Å². The van der Waals surface area contributed by atoms with Crippen molar-refractivity contribution in [2.24, 2.45) is 0 Å². The number of hydrogen-bond donors (Lipinski definition) is 2. The van der Waals surface area contributed by atoms with Crippen molar-refractivity contribution in [2.45, 2.75) is 42.7 Å². The van der Waals surface area contributed by atoms with E-state index in [-0.39, 0.29) is 29.4 Å². The summed E-state index contributed by atoms with van der Waals surface area (Å²) in [5.74, 6) is 0.312. The zero-order chi connectivity index (χ0) is 17.0. The first kappa shape index (κ1) is 20.7. The van der Waals surface area contributed by atoms with Crippen molar-refractivity contribution in [2.75, 3.05) is 26.3 Å². The van der Waals surface area contributed by atoms with Crippen LogP contribution in [0.3, 0.4) is 0 Å². The lowest BCUT2D eigenvalue weighted by Gasteiger charge is -2.23. The molecule has 2 atom stereocenters. The summed E-state index contributed by atoms with van der Waals surface area (Å²) in [5, 5.41) is 3.50.